The minimum absolute atomic E-state index is 0.212. The van der Waals surface area contributed by atoms with Crippen LogP contribution >= 0.6 is 11.6 Å². The third-order valence-corrected chi connectivity index (χ3v) is 1.99. The Labute approximate surface area is 87.7 Å². The molecule has 2 N–H and O–H groups in total. The van der Waals surface area contributed by atoms with Gasteiger partial charge >= 0.3 is 0 Å². The summed E-state index contributed by atoms with van der Waals surface area (Å²) in [5.41, 5.74) is 0.431. The molecule has 1 heterocycles. The van der Waals surface area contributed by atoms with Crippen LogP contribution in [0.25, 0.3) is 0 Å². The van der Waals surface area contributed by atoms with E-state index in [1.807, 2.05) is 6.92 Å². The number of hydrogen-bond donors (Lipinski definition) is 2. The Hall–Kier alpha value is -1.29. The summed E-state index contributed by atoms with van der Waals surface area (Å²) in [5, 5.41) is 5.87. The first-order valence-corrected chi connectivity index (χ1v) is 4.68. The number of nitrogens with one attached hydrogen (secondary N) is 2. The molecule has 14 heavy (non-hydrogen) atoms. The third kappa shape index (κ3) is 2.35. The molecule has 0 saturated carbocycles. The van der Waals surface area contributed by atoms with Gasteiger partial charge in [0.25, 0.3) is 5.91 Å². The second-order valence-electron chi connectivity index (χ2n) is 2.66. The van der Waals surface area contributed by atoms with Crippen LogP contribution in [0.5, 0.6) is 0 Å². The highest BCUT2D eigenvalue weighted by molar-refractivity contribution is 6.33. The van der Waals surface area contributed by atoms with E-state index in [1.165, 1.54) is 6.20 Å². The Morgan fingerprint density at radius 2 is 2.36 bits per heavy atom. The molecule has 0 spiro atoms. The lowest BCUT2D eigenvalue weighted by Gasteiger charge is -2.06. The molecule has 0 unspecified atom stereocenters. The molecule has 0 aliphatic rings. The highest BCUT2D eigenvalue weighted by Crippen LogP contribution is 2.17. The molecule has 0 saturated heterocycles. The molecular weight excluding hydrogens is 202 g/mol. The summed E-state index contributed by atoms with van der Waals surface area (Å²) in [4.78, 5) is 15.4. The average molecular weight is 214 g/mol. The van der Waals surface area contributed by atoms with Crippen LogP contribution in [-0.4, -0.2) is 24.5 Å². The van der Waals surface area contributed by atoms with Crippen LogP contribution in [0.4, 0.5) is 5.82 Å². The van der Waals surface area contributed by atoms with E-state index in [4.69, 9.17) is 11.6 Å². The maximum atomic E-state index is 11.3. The molecule has 0 aliphatic heterocycles. The minimum Gasteiger partial charge on any atom is -0.370 e. The summed E-state index contributed by atoms with van der Waals surface area (Å²) in [6, 6.07) is 1.63. The first kappa shape index (κ1) is 10.8. The van der Waals surface area contributed by atoms with Gasteiger partial charge in [-0.1, -0.05) is 11.6 Å². The molecule has 4 nitrogen and oxygen atoms in total. The summed E-state index contributed by atoms with van der Waals surface area (Å²) in [6.07, 6.45) is 1.46. The van der Waals surface area contributed by atoms with Crippen LogP contribution in [-0.2, 0) is 0 Å². The van der Waals surface area contributed by atoms with Gasteiger partial charge in [0.05, 0.1) is 10.6 Å². The Morgan fingerprint density at radius 1 is 1.64 bits per heavy atom. The van der Waals surface area contributed by atoms with Crippen molar-refractivity contribution in [3.8, 4) is 0 Å². The summed E-state index contributed by atoms with van der Waals surface area (Å²) in [6.45, 7) is 2.71. The van der Waals surface area contributed by atoms with E-state index in [2.05, 4.69) is 15.6 Å². The highest BCUT2D eigenvalue weighted by Gasteiger charge is 2.09. The van der Waals surface area contributed by atoms with Crippen LogP contribution in [0.3, 0.4) is 0 Å². The summed E-state index contributed by atoms with van der Waals surface area (Å²) in [7, 11) is 1.56. The van der Waals surface area contributed by atoms with Crippen LogP contribution in [0.1, 0.15) is 17.3 Å². The number of amides is 1. The van der Waals surface area contributed by atoms with E-state index >= 15 is 0 Å². The molecule has 0 aromatic carbocycles. The van der Waals surface area contributed by atoms with Crippen LogP contribution in [0.2, 0.25) is 5.02 Å². The number of carbonyl (C=O) groups is 1. The van der Waals surface area contributed by atoms with E-state index < -0.39 is 0 Å². The minimum atomic E-state index is -0.212. The first-order valence-electron chi connectivity index (χ1n) is 4.30. The Balaban J connectivity index is 3.01. The van der Waals surface area contributed by atoms with Gasteiger partial charge < -0.3 is 10.6 Å². The van der Waals surface area contributed by atoms with Gasteiger partial charge in [-0.05, 0) is 13.0 Å². The molecule has 1 amide bonds. The lowest BCUT2D eigenvalue weighted by molar-refractivity contribution is 0.0963. The fourth-order valence-corrected chi connectivity index (χ4v) is 1.21. The standard InChI is InChI=1S/C9H12ClN3O/c1-3-12-8-4-6(9(14)11-2)7(10)5-13-8/h4-5H,3H2,1-2H3,(H,11,14)(H,12,13). The topological polar surface area (TPSA) is 54.0 Å². The van der Waals surface area contributed by atoms with Crippen LogP contribution < -0.4 is 10.6 Å². The smallest absolute Gasteiger partial charge is 0.252 e. The summed E-state index contributed by atoms with van der Waals surface area (Å²) < 4.78 is 0. The SMILES string of the molecule is CCNc1cc(C(=O)NC)c(Cl)cn1. The van der Waals surface area contributed by atoms with Gasteiger partial charge in [-0.25, -0.2) is 4.98 Å². The molecule has 5 heteroatoms. The lowest BCUT2D eigenvalue weighted by atomic mass is 10.2. The highest BCUT2D eigenvalue weighted by atomic mass is 35.5. The van der Waals surface area contributed by atoms with Crippen molar-refractivity contribution in [2.45, 2.75) is 6.92 Å². The summed E-state index contributed by atoms with van der Waals surface area (Å²) in [5.74, 6) is 0.437. The number of nitrogens with zero attached hydrogens (tertiary/aromatic N) is 1. The van der Waals surface area contributed by atoms with E-state index in [0.29, 0.717) is 16.4 Å². The number of pyridine rings is 1. The number of hydrogen-bond acceptors (Lipinski definition) is 3. The molecule has 0 aliphatic carbocycles. The van der Waals surface area contributed by atoms with Crippen molar-refractivity contribution in [2.24, 2.45) is 0 Å². The van der Waals surface area contributed by atoms with Gasteiger partial charge in [0, 0.05) is 19.8 Å². The van der Waals surface area contributed by atoms with Crippen LogP contribution in [0, 0.1) is 0 Å². The second kappa shape index (κ2) is 4.81. The number of halogens is 1. The maximum Gasteiger partial charge on any atom is 0.252 e. The molecule has 0 bridgehead atoms. The van der Waals surface area contributed by atoms with Crippen molar-refractivity contribution >= 4 is 23.3 Å². The van der Waals surface area contributed by atoms with E-state index in [0.717, 1.165) is 6.54 Å². The van der Waals surface area contributed by atoms with Gasteiger partial charge in [-0.15, -0.1) is 0 Å². The monoisotopic (exact) mass is 213 g/mol. The molecule has 1 rings (SSSR count). The summed E-state index contributed by atoms with van der Waals surface area (Å²) >= 11 is 5.82. The van der Waals surface area contributed by atoms with Crippen molar-refractivity contribution in [1.29, 1.82) is 0 Å². The molecule has 1 aromatic heterocycles. The van der Waals surface area contributed by atoms with Crippen molar-refractivity contribution in [1.82, 2.24) is 10.3 Å². The number of aromatic nitrogens is 1. The van der Waals surface area contributed by atoms with Crippen molar-refractivity contribution < 1.29 is 4.79 Å². The predicted molar refractivity (Wildman–Crippen MR) is 56.8 cm³/mol. The normalized spacial score (nSPS) is 9.64. The van der Waals surface area contributed by atoms with E-state index in [-0.39, 0.29) is 5.91 Å². The number of rotatable bonds is 3. The number of carbonyl (C=O) groups excluding carboxylic acids is 1. The first-order chi connectivity index (χ1) is 6.69. The third-order valence-electron chi connectivity index (χ3n) is 1.68. The maximum absolute atomic E-state index is 11.3. The largest absolute Gasteiger partial charge is 0.370 e. The van der Waals surface area contributed by atoms with Gasteiger partial charge in [0.1, 0.15) is 5.82 Å². The molecule has 1 aromatic rings. The molecular formula is C9H12ClN3O. The fraction of sp³-hybridized carbons (Fsp3) is 0.333. The van der Waals surface area contributed by atoms with E-state index in [1.54, 1.807) is 13.1 Å². The predicted octanol–water partition coefficient (Wildman–Crippen LogP) is 1.53. The molecule has 76 valence electrons. The fourth-order valence-electron chi connectivity index (χ4n) is 1.03. The van der Waals surface area contributed by atoms with Crippen molar-refractivity contribution in [3.05, 3.63) is 22.8 Å². The second-order valence-corrected chi connectivity index (χ2v) is 3.07. The van der Waals surface area contributed by atoms with Gasteiger partial charge in [0.15, 0.2) is 0 Å². The zero-order valence-electron chi connectivity index (χ0n) is 8.10. The molecule has 0 fully saturated rings. The zero-order chi connectivity index (χ0) is 10.6. The van der Waals surface area contributed by atoms with Gasteiger partial charge in [-0.3, -0.25) is 4.79 Å². The number of anilines is 1. The van der Waals surface area contributed by atoms with Crippen molar-refractivity contribution in [3.63, 3.8) is 0 Å². The molecule has 0 radical (unpaired) electrons. The quantitative estimate of drug-likeness (QED) is 0.801. The van der Waals surface area contributed by atoms with E-state index in [9.17, 15) is 4.79 Å². The molecule has 0 atom stereocenters. The lowest BCUT2D eigenvalue weighted by Crippen LogP contribution is -2.18. The van der Waals surface area contributed by atoms with Gasteiger partial charge in [-0.2, -0.15) is 0 Å². The zero-order valence-corrected chi connectivity index (χ0v) is 8.85. The van der Waals surface area contributed by atoms with Gasteiger partial charge in [0.2, 0.25) is 0 Å². The van der Waals surface area contributed by atoms with Crippen LogP contribution in [0.15, 0.2) is 12.3 Å². The van der Waals surface area contributed by atoms with Crippen molar-refractivity contribution in [2.75, 3.05) is 18.9 Å². The average Bonchev–Trinajstić information content (AvgIpc) is 2.20. The Morgan fingerprint density at radius 3 is 2.93 bits per heavy atom. The Kier molecular flexibility index (Phi) is 3.71. The Bertz CT molecular complexity index is 341.